The summed E-state index contributed by atoms with van der Waals surface area (Å²) in [6, 6.07) is 4.52. The fourth-order valence-corrected chi connectivity index (χ4v) is 2.36. The van der Waals surface area contributed by atoms with Crippen molar-refractivity contribution in [2.24, 2.45) is 5.92 Å². The molecule has 0 atom stereocenters. The van der Waals surface area contributed by atoms with Crippen molar-refractivity contribution in [3.63, 3.8) is 0 Å². The number of hydrogen-bond acceptors (Lipinski definition) is 2. The van der Waals surface area contributed by atoms with Gasteiger partial charge in [-0.3, -0.25) is 0 Å². The molecular formula is C17H24FNO2. The molecule has 0 aliphatic carbocycles. The van der Waals surface area contributed by atoms with Crippen LogP contribution in [-0.4, -0.2) is 24.2 Å². The third-order valence-electron chi connectivity index (χ3n) is 3.75. The van der Waals surface area contributed by atoms with Crippen molar-refractivity contribution in [1.29, 1.82) is 0 Å². The van der Waals surface area contributed by atoms with Gasteiger partial charge in [0.15, 0.2) is 0 Å². The molecule has 0 bridgehead atoms. The van der Waals surface area contributed by atoms with Gasteiger partial charge in [-0.1, -0.05) is 26.7 Å². The Morgan fingerprint density at radius 3 is 2.52 bits per heavy atom. The number of carboxylic acid groups (broad SMARTS) is 1. The van der Waals surface area contributed by atoms with Gasteiger partial charge >= 0.3 is 5.97 Å². The van der Waals surface area contributed by atoms with Crippen molar-refractivity contribution in [2.75, 3.05) is 18.0 Å². The minimum Gasteiger partial charge on any atom is -0.478 e. The smallest absolute Gasteiger partial charge is 0.328 e. The second kappa shape index (κ2) is 8.45. The molecule has 116 valence electrons. The molecule has 1 aromatic rings. The summed E-state index contributed by atoms with van der Waals surface area (Å²) in [4.78, 5) is 12.9. The summed E-state index contributed by atoms with van der Waals surface area (Å²) < 4.78 is 13.4. The second-order valence-corrected chi connectivity index (χ2v) is 5.10. The molecule has 4 heteroatoms. The number of carbonyl (C=O) groups is 1. The molecule has 0 radical (unpaired) electrons. The van der Waals surface area contributed by atoms with E-state index in [1.165, 1.54) is 18.2 Å². The Morgan fingerprint density at radius 2 is 2.00 bits per heavy atom. The first-order chi connectivity index (χ1) is 10.0. The third kappa shape index (κ3) is 5.21. The molecular weight excluding hydrogens is 269 g/mol. The Hall–Kier alpha value is -1.84. The van der Waals surface area contributed by atoms with Gasteiger partial charge in [0.2, 0.25) is 0 Å². The molecule has 0 aliphatic rings. The number of rotatable bonds is 8. The van der Waals surface area contributed by atoms with Crippen LogP contribution in [0.2, 0.25) is 0 Å². The number of anilines is 1. The van der Waals surface area contributed by atoms with Crippen LogP contribution in [0.5, 0.6) is 0 Å². The van der Waals surface area contributed by atoms with E-state index in [0.29, 0.717) is 11.5 Å². The summed E-state index contributed by atoms with van der Waals surface area (Å²) in [5, 5.41) is 8.76. The highest BCUT2D eigenvalue weighted by atomic mass is 19.1. The Kier molecular flexibility index (Phi) is 6.92. The van der Waals surface area contributed by atoms with E-state index < -0.39 is 5.97 Å². The number of benzene rings is 1. The summed E-state index contributed by atoms with van der Waals surface area (Å²) in [5.41, 5.74) is 1.48. The van der Waals surface area contributed by atoms with Crippen molar-refractivity contribution >= 4 is 17.7 Å². The zero-order valence-corrected chi connectivity index (χ0v) is 13.0. The lowest BCUT2D eigenvalue weighted by atomic mass is 10.0. The summed E-state index contributed by atoms with van der Waals surface area (Å²) >= 11 is 0. The van der Waals surface area contributed by atoms with Crippen molar-refractivity contribution in [3.8, 4) is 0 Å². The van der Waals surface area contributed by atoms with E-state index in [2.05, 4.69) is 25.7 Å². The molecule has 0 heterocycles. The number of hydrogen-bond donors (Lipinski definition) is 1. The predicted molar refractivity (Wildman–Crippen MR) is 85.0 cm³/mol. The van der Waals surface area contributed by atoms with Crippen LogP contribution in [0, 0.1) is 11.7 Å². The van der Waals surface area contributed by atoms with E-state index in [0.717, 1.165) is 37.7 Å². The number of carboxylic acids is 1. The summed E-state index contributed by atoms with van der Waals surface area (Å²) in [5.74, 6) is -0.818. The highest BCUT2D eigenvalue weighted by molar-refractivity contribution is 5.87. The zero-order valence-electron chi connectivity index (χ0n) is 13.0. The van der Waals surface area contributed by atoms with Crippen LogP contribution in [0.1, 0.15) is 39.2 Å². The lowest BCUT2D eigenvalue weighted by Crippen LogP contribution is -2.29. The van der Waals surface area contributed by atoms with Crippen LogP contribution in [0.3, 0.4) is 0 Å². The topological polar surface area (TPSA) is 40.5 Å². The first-order valence-corrected chi connectivity index (χ1v) is 7.47. The van der Waals surface area contributed by atoms with E-state index in [-0.39, 0.29) is 5.82 Å². The molecule has 3 nitrogen and oxygen atoms in total. The first kappa shape index (κ1) is 17.2. The maximum atomic E-state index is 13.4. The maximum absolute atomic E-state index is 13.4. The molecule has 0 unspecified atom stereocenters. The van der Waals surface area contributed by atoms with Gasteiger partial charge in [0.25, 0.3) is 0 Å². The van der Waals surface area contributed by atoms with Gasteiger partial charge in [-0.25, -0.2) is 9.18 Å². The largest absolute Gasteiger partial charge is 0.478 e. The molecule has 0 fully saturated rings. The van der Waals surface area contributed by atoms with Gasteiger partial charge in [-0.15, -0.1) is 0 Å². The maximum Gasteiger partial charge on any atom is 0.328 e. The molecule has 1 aromatic carbocycles. The summed E-state index contributed by atoms with van der Waals surface area (Å²) in [6.07, 6.45) is 4.68. The van der Waals surface area contributed by atoms with E-state index in [9.17, 15) is 9.18 Å². The van der Waals surface area contributed by atoms with Crippen LogP contribution in [-0.2, 0) is 4.79 Å². The summed E-state index contributed by atoms with van der Waals surface area (Å²) in [7, 11) is 0. The normalized spacial score (nSPS) is 11.3. The van der Waals surface area contributed by atoms with E-state index >= 15 is 0 Å². The monoisotopic (exact) mass is 293 g/mol. The van der Waals surface area contributed by atoms with Gasteiger partial charge in [0, 0.05) is 30.4 Å². The van der Waals surface area contributed by atoms with Gasteiger partial charge < -0.3 is 10.0 Å². The molecule has 0 aliphatic heterocycles. The molecule has 0 aromatic heterocycles. The highest BCUT2D eigenvalue weighted by Crippen LogP contribution is 2.25. The Labute approximate surface area is 126 Å². The first-order valence-electron chi connectivity index (χ1n) is 7.47. The fraction of sp³-hybridized carbons (Fsp3) is 0.471. The third-order valence-corrected chi connectivity index (χ3v) is 3.75. The number of aliphatic carboxylic acids is 1. The van der Waals surface area contributed by atoms with Crippen LogP contribution in [0.4, 0.5) is 10.1 Å². The predicted octanol–water partition coefficient (Wildman–Crippen LogP) is 4.19. The molecule has 0 saturated carbocycles. The van der Waals surface area contributed by atoms with Crippen molar-refractivity contribution in [1.82, 2.24) is 0 Å². The van der Waals surface area contributed by atoms with Gasteiger partial charge in [0.1, 0.15) is 5.82 Å². The Morgan fingerprint density at radius 1 is 1.33 bits per heavy atom. The number of halogens is 1. The second-order valence-electron chi connectivity index (χ2n) is 5.10. The highest BCUT2D eigenvalue weighted by Gasteiger charge is 2.13. The molecule has 1 N–H and O–H groups in total. The van der Waals surface area contributed by atoms with Crippen molar-refractivity contribution in [3.05, 3.63) is 35.7 Å². The Bertz CT molecular complexity index is 496. The number of nitrogens with zero attached hydrogens (tertiary/aromatic N) is 1. The van der Waals surface area contributed by atoms with Crippen LogP contribution < -0.4 is 4.90 Å². The van der Waals surface area contributed by atoms with Crippen LogP contribution in [0.15, 0.2) is 24.3 Å². The molecule has 0 spiro atoms. The molecule has 0 amide bonds. The molecule has 21 heavy (non-hydrogen) atoms. The molecule has 0 saturated heterocycles. The fourth-order valence-electron chi connectivity index (χ4n) is 2.36. The van der Waals surface area contributed by atoms with Gasteiger partial charge in [0.05, 0.1) is 0 Å². The van der Waals surface area contributed by atoms with Crippen molar-refractivity contribution < 1.29 is 14.3 Å². The lowest BCUT2D eigenvalue weighted by molar-refractivity contribution is -0.131. The average Bonchev–Trinajstić information content (AvgIpc) is 2.47. The quantitative estimate of drug-likeness (QED) is 0.731. The molecule has 1 rings (SSSR count). The van der Waals surface area contributed by atoms with E-state index in [1.54, 1.807) is 6.07 Å². The lowest BCUT2D eigenvalue weighted by Gasteiger charge is -2.29. The SMILES string of the molecule is CCC(CC)CN(CC)c1ccc(F)cc1C=CC(=O)O. The van der Waals surface area contributed by atoms with Crippen molar-refractivity contribution in [2.45, 2.75) is 33.6 Å². The van der Waals surface area contributed by atoms with Crippen LogP contribution in [0.25, 0.3) is 6.08 Å². The average molecular weight is 293 g/mol. The minimum absolute atomic E-state index is 0.359. The van der Waals surface area contributed by atoms with Crippen LogP contribution >= 0.6 is 0 Å². The Balaban J connectivity index is 3.10. The van der Waals surface area contributed by atoms with E-state index in [4.69, 9.17) is 5.11 Å². The summed E-state index contributed by atoms with van der Waals surface area (Å²) in [6.45, 7) is 8.07. The standard InChI is InChI=1S/C17H24FNO2/c1-4-13(5-2)12-19(6-3)16-9-8-15(18)11-14(16)7-10-17(20)21/h7-11,13H,4-6,12H2,1-3H3,(H,20,21). The minimum atomic E-state index is -1.03. The zero-order chi connectivity index (χ0) is 15.8. The van der Waals surface area contributed by atoms with Gasteiger partial charge in [-0.2, -0.15) is 0 Å². The van der Waals surface area contributed by atoms with Gasteiger partial charge in [-0.05, 0) is 37.1 Å². The van der Waals surface area contributed by atoms with E-state index in [1.807, 2.05) is 0 Å².